The van der Waals surface area contributed by atoms with E-state index in [1.807, 2.05) is 42.5 Å². The van der Waals surface area contributed by atoms with Crippen molar-refractivity contribution in [2.75, 3.05) is 5.32 Å². The molecule has 2 rings (SSSR count). The van der Waals surface area contributed by atoms with Crippen molar-refractivity contribution >= 4 is 21.6 Å². The van der Waals surface area contributed by atoms with Gasteiger partial charge in [0.25, 0.3) is 0 Å². The van der Waals surface area contributed by atoms with Crippen LogP contribution in [-0.2, 0) is 0 Å². The van der Waals surface area contributed by atoms with Gasteiger partial charge in [-0.15, -0.1) is 0 Å². The molecule has 0 aromatic heterocycles. The Morgan fingerprint density at radius 2 is 1.59 bits per heavy atom. The van der Waals surface area contributed by atoms with Crippen molar-refractivity contribution in [3.05, 3.63) is 101 Å². The van der Waals surface area contributed by atoms with Crippen LogP contribution in [0.25, 0.3) is 0 Å². The lowest BCUT2D eigenvalue weighted by atomic mass is 10.2. The van der Waals surface area contributed by atoms with Gasteiger partial charge in [0.15, 0.2) is 0 Å². The first kappa shape index (κ1) is 17.8. The van der Waals surface area contributed by atoms with Crippen LogP contribution < -0.4 is 11.1 Å². The Balaban J connectivity index is 0.000000255. The average molecular weight is 357 g/mol. The van der Waals surface area contributed by atoms with E-state index in [-0.39, 0.29) is 0 Å². The summed E-state index contributed by atoms with van der Waals surface area (Å²) >= 11 is 3.35. The van der Waals surface area contributed by atoms with Crippen LogP contribution in [0.4, 0.5) is 5.69 Å². The molecule has 0 aliphatic rings. The number of rotatable bonds is 4. The third-order valence-electron chi connectivity index (χ3n) is 2.80. The largest absolute Gasteiger partial charge is 0.397 e. The van der Waals surface area contributed by atoms with Crippen LogP contribution in [0.5, 0.6) is 0 Å². The molecule has 0 aliphatic heterocycles. The van der Waals surface area contributed by atoms with E-state index < -0.39 is 0 Å². The van der Waals surface area contributed by atoms with E-state index in [0.29, 0.717) is 5.70 Å². The van der Waals surface area contributed by atoms with Gasteiger partial charge in [-0.3, -0.25) is 0 Å². The van der Waals surface area contributed by atoms with Crippen LogP contribution in [-0.4, -0.2) is 0 Å². The van der Waals surface area contributed by atoms with Gasteiger partial charge in [-0.1, -0.05) is 65.0 Å². The fraction of sp³-hybridized carbons (Fsp3) is 0.0526. The number of allylic oxidation sites excluding steroid dienone is 2. The van der Waals surface area contributed by atoms with E-state index in [0.717, 1.165) is 15.9 Å². The second kappa shape index (κ2) is 9.64. The number of nitrogens with two attached hydrogens (primary N) is 1. The summed E-state index contributed by atoms with van der Waals surface area (Å²) in [7, 11) is 0. The summed E-state index contributed by atoms with van der Waals surface area (Å²) in [5.41, 5.74) is 9.34. The smallest absolute Gasteiger partial charge is 0.0611 e. The predicted molar refractivity (Wildman–Crippen MR) is 101 cm³/mol. The third-order valence-corrected chi connectivity index (χ3v) is 3.33. The fourth-order valence-corrected chi connectivity index (χ4v) is 1.83. The Kier molecular flexibility index (Phi) is 7.79. The minimum Gasteiger partial charge on any atom is -0.397 e. The van der Waals surface area contributed by atoms with Crippen molar-refractivity contribution in [2.45, 2.75) is 6.92 Å². The van der Waals surface area contributed by atoms with Gasteiger partial charge >= 0.3 is 0 Å². The first-order valence-electron chi connectivity index (χ1n) is 6.85. The molecule has 0 radical (unpaired) electrons. The highest BCUT2D eigenvalue weighted by atomic mass is 79.9. The molecule has 114 valence electrons. The summed E-state index contributed by atoms with van der Waals surface area (Å²) in [4.78, 5) is 0. The Labute approximate surface area is 141 Å². The Hall–Kier alpha value is -2.26. The van der Waals surface area contributed by atoms with E-state index in [2.05, 4.69) is 53.5 Å². The maximum absolute atomic E-state index is 5.70. The van der Waals surface area contributed by atoms with Gasteiger partial charge < -0.3 is 11.1 Å². The van der Waals surface area contributed by atoms with Crippen LogP contribution in [0.2, 0.25) is 0 Å². The summed E-state index contributed by atoms with van der Waals surface area (Å²) in [6, 6.07) is 18.0. The van der Waals surface area contributed by atoms with Gasteiger partial charge in [-0.2, -0.15) is 0 Å². The quantitative estimate of drug-likeness (QED) is 0.719. The van der Waals surface area contributed by atoms with Gasteiger partial charge in [-0.05, 0) is 43.3 Å². The van der Waals surface area contributed by atoms with Crippen LogP contribution in [0.15, 0.2) is 95.8 Å². The lowest BCUT2D eigenvalue weighted by Gasteiger charge is -2.08. The molecule has 0 aliphatic carbocycles. The molecule has 0 bridgehead atoms. The lowest BCUT2D eigenvalue weighted by Crippen LogP contribution is -2.05. The van der Waals surface area contributed by atoms with Gasteiger partial charge in [0, 0.05) is 10.2 Å². The van der Waals surface area contributed by atoms with Crippen molar-refractivity contribution < 1.29 is 0 Å². The monoisotopic (exact) mass is 356 g/mol. The number of nitrogens with one attached hydrogen (secondary N) is 1. The first-order valence-corrected chi connectivity index (χ1v) is 7.65. The van der Waals surface area contributed by atoms with Crippen molar-refractivity contribution in [1.29, 1.82) is 0 Å². The van der Waals surface area contributed by atoms with E-state index in [1.165, 1.54) is 5.56 Å². The summed E-state index contributed by atoms with van der Waals surface area (Å²) in [6.07, 6.45) is 3.26. The molecule has 0 fully saturated rings. The number of para-hydroxylation sites is 1. The minimum absolute atomic E-state index is 0.587. The molecule has 0 unspecified atom stereocenters. The van der Waals surface area contributed by atoms with E-state index in [9.17, 15) is 0 Å². The second-order valence-corrected chi connectivity index (χ2v) is 5.48. The van der Waals surface area contributed by atoms with E-state index >= 15 is 0 Å². The summed E-state index contributed by atoms with van der Waals surface area (Å²) in [5, 5.41) is 3.14. The Morgan fingerprint density at radius 1 is 1.00 bits per heavy atom. The van der Waals surface area contributed by atoms with Crippen molar-refractivity contribution in [3.63, 3.8) is 0 Å². The van der Waals surface area contributed by atoms with Crippen molar-refractivity contribution in [3.8, 4) is 0 Å². The maximum Gasteiger partial charge on any atom is 0.0611 e. The number of halogens is 1. The standard InChI is InChI=1S/C12H14N2.C7H7Br/c1-3-11(13)12(4-2)14-10-8-6-5-7-9-10;1-6-2-4-7(8)5-3-6/h3-9,14H,1-2,13H2;2-5H,1H3/b12-11-;. The molecule has 2 aromatic rings. The van der Waals surface area contributed by atoms with Crippen LogP contribution in [0.3, 0.4) is 0 Å². The molecule has 2 aromatic carbocycles. The SMILES string of the molecule is C=C/C(N)=C(\C=C)Nc1ccccc1.Cc1ccc(Br)cc1. The number of anilines is 1. The van der Waals surface area contributed by atoms with Gasteiger partial charge in [0.2, 0.25) is 0 Å². The molecule has 3 N–H and O–H groups in total. The van der Waals surface area contributed by atoms with Gasteiger partial charge in [-0.25, -0.2) is 0 Å². The third kappa shape index (κ3) is 6.46. The Bertz CT molecular complexity index is 607. The lowest BCUT2D eigenvalue weighted by molar-refractivity contribution is 1.32. The Morgan fingerprint density at radius 3 is 2.05 bits per heavy atom. The number of benzene rings is 2. The zero-order chi connectivity index (χ0) is 16.4. The van der Waals surface area contributed by atoms with Crippen LogP contribution >= 0.6 is 15.9 Å². The molecular formula is C19H21BrN2. The molecule has 0 spiro atoms. The predicted octanol–water partition coefficient (Wildman–Crippen LogP) is 5.40. The normalized spacial score (nSPS) is 10.6. The van der Waals surface area contributed by atoms with Gasteiger partial charge in [0.1, 0.15) is 0 Å². The van der Waals surface area contributed by atoms with Crippen molar-refractivity contribution in [1.82, 2.24) is 0 Å². The molecule has 0 heterocycles. The van der Waals surface area contributed by atoms with Crippen LogP contribution in [0, 0.1) is 6.92 Å². The zero-order valence-corrected chi connectivity index (χ0v) is 14.3. The highest BCUT2D eigenvalue weighted by Crippen LogP contribution is 2.11. The van der Waals surface area contributed by atoms with Crippen molar-refractivity contribution in [2.24, 2.45) is 5.73 Å². The maximum atomic E-state index is 5.70. The topological polar surface area (TPSA) is 38.0 Å². The highest BCUT2D eigenvalue weighted by Gasteiger charge is 1.96. The molecule has 2 nitrogen and oxygen atoms in total. The molecule has 0 atom stereocenters. The molecule has 0 saturated carbocycles. The molecule has 3 heteroatoms. The first-order chi connectivity index (χ1) is 10.6. The average Bonchev–Trinajstić information content (AvgIpc) is 2.56. The molecule has 0 amide bonds. The number of hydrogen-bond donors (Lipinski definition) is 2. The number of aryl methyl sites for hydroxylation is 1. The summed E-state index contributed by atoms with van der Waals surface area (Å²) in [5.74, 6) is 0. The van der Waals surface area contributed by atoms with Crippen LogP contribution in [0.1, 0.15) is 5.56 Å². The minimum atomic E-state index is 0.587. The zero-order valence-electron chi connectivity index (χ0n) is 12.7. The fourth-order valence-electron chi connectivity index (χ4n) is 1.56. The number of hydrogen-bond acceptors (Lipinski definition) is 2. The van der Waals surface area contributed by atoms with E-state index in [1.54, 1.807) is 12.2 Å². The second-order valence-electron chi connectivity index (χ2n) is 4.56. The van der Waals surface area contributed by atoms with Gasteiger partial charge in [0.05, 0.1) is 11.4 Å². The molecule has 0 saturated heterocycles. The molecule has 22 heavy (non-hydrogen) atoms. The summed E-state index contributed by atoms with van der Waals surface area (Å²) in [6.45, 7) is 9.35. The van der Waals surface area contributed by atoms with E-state index in [4.69, 9.17) is 5.73 Å². The highest BCUT2D eigenvalue weighted by molar-refractivity contribution is 9.10. The summed E-state index contributed by atoms with van der Waals surface area (Å²) < 4.78 is 1.14. The molecular weight excluding hydrogens is 336 g/mol.